The van der Waals surface area contributed by atoms with Crippen LogP contribution >= 0.6 is 0 Å². The first-order valence-electron chi connectivity index (χ1n) is 5.34. The zero-order valence-electron chi connectivity index (χ0n) is 10.7. The molecule has 6 nitrogen and oxygen atoms in total. The fourth-order valence-corrected chi connectivity index (χ4v) is 0.701. The molecular weight excluding hydrogens is 240 g/mol. The van der Waals surface area contributed by atoms with Gasteiger partial charge in [-0.1, -0.05) is 13.2 Å². The Labute approximate surface area is 106 Å². The lowest BCUT2D eigenvalue weighted by atomic mass is 10.4. The van der Waals surface area contributed by atoms with E-state index in [1.165, 1.54) is 0 Å². The molecule has 0 aromatic carbocycles. The van der Waals surface area contributed by atoms with E-state index in [0.717, 1.165) is 0 Å². The van der Waals surface area contributed by atoms with Crippen LogP contribution < -0.4 is 0 Å². The van der Waals surface area contributed by atoms with Crippen LogP contribution in [0.4, 0.5) is 0 Å². The predicted octanol–water partition coefficient (Wildman–Crippen LogP) is 1.17. The van der Waals surface area contributed by atoms with E-state index in [2.05, 4.69) is 22.9 Å². The van der Waals surface area contributed by atoms with Crippen LogP contribution in [-0.4, -0.2) is 38.4 Å². The molecule has 102 valence electrons. The number of esters is 2. The summed E-state index contributed by atoms with van der Waals surface area (Å²) in [6.45, 7) is 10.3. The fourth-order valence-electron chi connectivity index (χ4n) is 0.701. The summed E-state index contributed by atoms with van der Waals surface area (Å²) in [5.74, 6) is -0.956. The third-order valence-electron chi connectivity index (χ3n) is 1.58. The Morgan fingerprint density at radius 1 is 0.778 bits per heavy atom. The number of carbonyl (C=O) groups is 2. The van der Waals surface area contributed by atoms with Gasteiger partial charge in [0.1, 0.15) is 26.4 Å². The summed E-state index contributed by atoms with van der Waals surface area (Å²) in [6.07, 6.45) is 0. The topological polar surface area (TPSA) is 71.1 Å². The molecule has 0 aromatic heterocycles. The molecule has 0 amide bonds. The first kappa shape index (κ1) is 16.3. The number of hydrogen-bond acceptors (Lipinski definition) is 6. The molecule has 0 spiro atoms. The van der Waals surface area contributed by atoms with Crippen molar-refractivity contribution >= 4 is 11.9 Å². The summed E-state index contributed by atoms with van der Waals surface area (Å²) in [5.41, 5.74) is 0.644. The largest absolute Gasteiger partial charge is 0.460 e. The highest BCUT2D eigenvalue weighted by molar-refractivity contribution is 5.87. The minimum Gasteiger partial charge on any atom is -0.460 e. The van der Waals surface area contributed by atoms with Crippen LogP contribution in [0.5, 0.6) is 0 Å². The maximum atomic E-state index is 10.9. The molecule has 0 aliphatic carbocycles. The Kier molecular flexibility index (Phi) is 8.51. The van der Waals surface area contributed by atoms with Crippen molar-refractivity contribution in [3.8, 4) is 0 Å². The van der Waals surface area contributed by atoms with Crippen molar-refractivity contribution in [1.29, 1.82) is 0 Å². The van der Waals surface area contributed by atoms with Crippen LogP contribution in [0.15, 0.2) is 24.3 Å². The Morgan fingerprint density at radius 2 is 1.11 bits per heavy atom. The van der Waals surface area contributed by atoms with Crippen molar-refractivity contribution in [3.63, 3.8) is 0 Å². The lowest BCUT2D eigenvalue weighted by Gasteiger charge is -2.06. The van der Waals surface area contributed by atoms with Crippen LogP contribution in [0.1, 0.15) is 13.8 Å². The van der Waals surface area contributed by atoms with E-state index in [1.54, 1.807) is 13.8 Å². The molecular formula is C12H18O6. The fraction of sp³-hybridized carbons (Fsp3) is 0.500. The Morgan fingerprint density at radius 3 is 1.39 bits per heavy atom. The third kappa shape index (κ3) is 8.49. The lowest BCUT2D eigenvalue weighted by Crippen LogP contribution is -2.14. The van der Waals surface area contributed by atoms with Crippen LogP contribution in [0.25, 0.3) is 0 Å². The smallest absolute Gasteiger partial charge is 0.333 e. The zero-order chi connectivity index (χ0) is 14.0. The van der Waals surface area contributed by atoms with Gasteiger partial charge in [0, 0.05) is 11.1 Å². The minimum atomic E-state index is -0.478. The van der Waals surface area contributed by atoms with E-state index in [1.807, 2.05) is 0 Å². The van der Waals surface area contributed by atoms with Crippen molar-refractivity contribution in [3.05, 3.63) is 24.3 Å². The van der Waals surface area contributed by atoms with Crippen LogP contribution in [0.2, 0.25) is 0 Å². The molecule has 0 heterocycles. The number of hydrogen-bond donors (Lipinski definition) is 0. The average molecular weight is 258 g/mol. The molecule has 0 unspecified atom stereocenters. The average Bonchev–Trinajstić information content (AvgIpc) is 2.31. The summed E-state index contributed by atoms with van der Waals surface area (Å²) in [6, 6.07) is 0. The SMILES string of the molecule is C=C(C)C(=O)OCCOOCCOC(=O)C(=C)C. The summed E-state index contributed by atoms with van der Waals surface area (Å²) >= 11 is 0. The Bertz CT molecular complexity index is 289. The number of rotatable bonds is 9. The first-order chi connectivity index (χ1) is 8.45. The van der Waals surface area contributed by atoms with Gasteiger partial charge < -0.3 is 9.47 Å². The molecule has 0 aromatic rings. The van der Waals surface area contributed by atoms with Crippen molar-refractivity contribution < 1.29 is 28.8 Å². The van der Waals surface area contributed by atoms with Gasteiger partial charge in [0.15, 0.2) is 0 Å². The van der Waals surface area contributed by atoms with Crippen molar-refractivity contribution in [2.75, 3.05) is 26.4 Å². The van der Waals surface area contributed by atoms with Gasteiger partial charge in [-0.15, -0.1) is 0 Å². The third-order valence-corrected chi connectivity index (χ3v) is 1.58. The van der Waals surface area contributed by atoms with Crippen molar-refractivity contribution in [2.45, 2.75) is 13.8 Å². The number of ether oxygens (including phenoxy) is 2. The zero-order valence-corrected chi connectivity index (χ0v) is 10.7. The summed E-state index contributed by atoms with van der Waals surface area (Å²) in [7, 11) is 0. The molecule has 6 heteroatoms. The summed E-state index contributed by atoms with van der Waals surface area (Å²) in [5, 5.41) is 0. The van der Waals surface area contributed by atoms with Crippen LogP contribution in [-0.2, 0) is 28.8 Å². The van der Waals surface area contributed by atoms with Crippen molar-refractivity contribution in [2.24, 2.45) is 0 Å². The second kappa shape index (κ2) is 9.38. The van der Waals surface area contributed by atoms with Gasteiger partial charge in [0.25, 0.3) is 0 Å². The second-order valence-corrected chi connectivity index (χ2v) is 3.48. The lowest BCUT2D eigenvalue weighted by molar-refractivity contribution is -0.301. The van der Waals surface area contributed by atoms with Gasteiger partial charge >= 0.3 is 11.9 Å². The van der Waals surface area contributed by atoms with Gasteiger partial charge in [-0.2, -0.15) is 0 Å². The Balaban J connectivity index is 3.32. The van der Waals surface area contributed by atoms with Gasteiger partial charge in [-0.3, -0.25) is 0 Å². The van der Waals surface area contributed by atoms with Gasteiger partial charge in [-0.25, -0.2) is 19.4 Å². The molecule has 0 N–H and O–H groups in total. The molecule has 0 atom stereocenters. The molecule has 18 heavy (non-hydrogen) atoms. The highest BCUT2D eigenvalue weighted by atomic mass is 17.2. The highest BCUT2D eigenvalue weighted by Crippen LogP contribution is 1.93. The summed E-state index contributed by atoms with van der Waals surface area (Å²) < 4.78 is 9.48. The van der Waals surface area contributed by atoms with Gasteiger partial charge in [0.2, 0.25) is 0 Å². The molecule has 0 aliphatic rings. The van der Waals surface area contributed by atoms with Crippen LogP contribution in [0, 0.1) is 0 Å². The molecule has 0 aliphatic heterocycles. The quantitative estimate of drug-likeness (QED) is 0.203. The van der Waals surface area contributed by atoms with Gasteiger partial charge in [-0.05, 0) is 13.8 Å². The minimum absolute atomic E-state index is 0.0667. The predicted molar refractivity (Wildman–Crippen MR) is 63.5 cm³/mol. The summed E-state index contributed by atoms with van der Waals surface area (Å²) in [4.78, 5) is 31.2. The highest BCUT2D eigenvalue weighted by Gasteiger charge is 2.03. The van der Waals surface area contributed by atoms with E-state index in [-0.39, 0.29) is 26.4 Å². The van der Waals surface area contributed by atoms with E-state index in [4.69, 9.17) is 9.47 Å². The molecule has 0 saturated heterocycles. The second-order valence-electron chi connectivity index (χ2n) is 3.48. The molecule has 0 radical (unpaired) electrons. The number of carbonyl (C=O) groups excluding carboxylic acids is 2. The van der Waals surface area contributed by atoms with Crippen molar-refractivity contribution in [1.82, 2.24) is 0 Å². The van der Waals surface area contributed by atoms with E-state index >= 15 is 0 Å². The van der Waals surface area contributed by atoms with E-state index in [0.29, 0.717) is 11.1 Å². The van der Waals surface area contributed by atoms with E-state index in [9.17, 15) is 9.59 Å². The molecule has 0 bridgehead atoms. The molecule has 0 saturated carbocycles. The first-order valence-corrected chi connectivity index (χ1v) is 5.34. The maximum absolute atomic E-state index is 10.9. The normalized spacial score (nSPS) is 9.67. The standard InChI is InChI=1S/C12H18O6/c1-9(2)11(13)15-5-7-17-18-8-6-16-12(14)10(3)4/h1,3,5-8H2,2,4H3. The monoisotopic (exact) mass is 258 g/mol. The van der Waals surface area contributed by atoms with Gasteiger partial charge in [0.05, 0.1) is 0 Å². The Hall–Kier alpha value is -1.66. The van der Waals surface area contributed by atoms with E-state index < -0.39 is 11.9 Å². The van der Waals surface area contributed by atoms with Crippen LogP contribution in [0.3, 0.4) is 0 Å². The molecule has 0 fully saturated rings. The molecule has 0 rings (SSSR count). The maximum Gasteiger partial charge on any atom is 0.333 e.